The minimum atomic E-state index is -4.00. The maximum Gasteiger partial charge on any atom is 0.266 e. The molecule has 0 radical (unpaired) electrons. The maximum atomic E-state index is 11.5. The third kappa shape index (κ3) is 3.62. The van der Waals surface area contributed by atoms with Gasteiger partial charge >= 0.3 is 0 Å². The summed E-state index contributed by atoms with van der Waals surface area (Å²) in [5.41, 5.74) is 0.301. The molecule has 2 aromatic rings. The lowest BCUT2D eigenvalue weighted by atomic mass is 10.2. The van der Waals surface area contributed by atoms with Crippen molar-refractivity contribution in [2.45, 2.75) is 4.90 Å². The Morgan fingerprint density at radius 3 is 2.62 bits per heavy atom. The molecule has 108 valence electrons. The van der Waals surface area contributed by atoms with Crippen molar-refractivity contribution >= 4 is 19.7 Å². The van der Waals surface area contributed by atoms with Gasteiger partial charge in [0, 0.05) is 22.9 Å². The van der Waals surface area contributed by atoms with Gasteiger partial charge in [-0.2, -0.15) is 5.26 Å². The molecule has 0 bridgehead atoms. The van der Waals surface area contributed by atoms with Gasteiger partial charge < -0.3 is 9.47 Å². The number of rotatable bonds is 4. The number of halogens is 1. The van der Waals surface area contributed by atoms with Crippen molar-refractivity contribution in [3.05, 3.63) is 42.1 Å². The summed E-state index contributed by atoms with van der Waals surface area (Å²) in [6, 6.07) is 9.10. The molecule has 1 heterocycles. The van der Waals surface area contributed by atoms with Crippen molar-refractivity contribution in [2.24, 2.45) is 0 Å². The van der Waals surface area contributed by atoms with Crippen LogP contribution in [-0.4, -0.2) is 20.5 Å². The smallest absolute Gasteiger partial charge is 0.266 e. The summed E-state index contributed by atoms with van der Waals surface area (Å²) in [5.74, 6) is 0.436. The number of nitriles is 1. The lowest BCUT2D eigenvalue weighted by Crippen LogP contribution is -1.98. The molecule has 0 saturated heterocycles. The number of aromatic nitrogens is 1. The number of methoxy groups -OCH3 is 1. The lowest BCUT2D eigenvalue weighted by Gasteiger charge is -2.09. The molecule has 0 aliphatic carbocycles. The van der Waals surface area contributed by atoms with Crippen molar-refractivity contribution in [1.29, 1.82) is 5.26 Å². The summed E-state index contributed by atoms with van der Waals surface area (Å²) in [4.78, 5) is 3.59. The Morgan fingerprint density at radius 2 is 2.00 bits per heavy atom. The maximum absolute atomic E-state index is 11.5. The van der Waals surface area contributed by atoms with Crippen molar-refractivity contribution < 1.29 is 17.9 Å². The van der Waals surface area contributed by atoms with Crippen molar-refractivity contribution in [3.8, 4) is 23.4 Å². The van der Waals surface area contributed by atoms with E-state index in [1.165, 1.54) is 43.6 Å². The first-order valence-electron chi connectivity index (χ1n) is 5.61. The van der Waals surface area contributed by atoms with E-state index in [1.54, 1.807) is 0 Å². The molecule has 0 N–H and O–H groups in total. The predicted octanol–water partition coefficient (Wildman–Crippen LogP) is 2.68. The highest BCUT2D eigenvalue weighted by molar-refractivity contribution is 8.13. The lowest BCUT2D eigenvalue weighted by molar-refractivity contribution is 0.405. The third-order valence-electron chi connectivity index (χ3n) is 2.46. The van der Waals surface area contributed by atoms with Crippen molar-refractivity contribution in [3.63, 3.8) is 0 Å². The summed E-state index contributed by atoms with van der Waals surface area (Å²) < 4.78 is 33.4. The van der Waals surface area contributed by atoms with Crippen LogP contribution in [0.1, 0.15) is 5.56 Å². The number of ether oxygens (including phenoxy) is 2. The molecule has 0 aliphatic rings. The molecule has 0 amide bonds. The Kier molecular flexibility index (Phi) is 4.31. The summed E-state index contributed by atoms with van der Waals surface area (Å²) in [5, 5.41) is 8.94. The van der Waals surface area contributed by atoms with Gasteiger partial charge in [0.25, 0.3) is 9.05 Å². The van der Waals surface area contributed by atoms with Crippen LogP contribution in [0.15, 0.2) is 41.4 Å². The summed E-state index contributed by atoms with van der Waals surface area (Å²) in [7, 11) is 2.77. The van der Waals surface area contributed by atoms with Gasteiger partial charge in [0.15, 0.2) is 0 Å². The normalized spacial score (nSPS) is 10.7. The Bertz CT molecular complexity index is 815. The van der Waals surface area contributed by atoms with Crippen molar-refractivity contribution in [2.75, 3.05) is 7.11 Å². The first kappa shape index (κ1) is 15.1. The number of hydrogen-bond donors (Lipinski definition) is 0. The van der Waals surface area contributed by atoms with Gasteiger partial charge in [0.2, 0.25) is 5.88 Å². The van der Waals surface area contributed by atoms with Gasteiger partial charge in [0.1, 0.15) is 16.4 Å². The quantitative estimate of drug-likeness (QED) is 0.803. The molecule has 8 heteroatoms. The Labute approximate surface area is 125 Å². The SMILES string of the molecule is COc1cc(C#N)cc(Oc2ncccc2S(=O)(=O)Cl)c1. The Morgan fingerprint density at radius 1 is 1.29 bits per heavy atom. The highest BCUT2D eigenvalue weighted by Crippen LogP contribution is 2.31. The fourth-order valence-electron chi connectivity index (χ4n) is 1.56. The van der Waals surface area contributed by atoms with Crippen LogP contribution in [0.3, 0.4) is 0 Å². The van der Waals surface area contributed by atoms with Gasteiger partial charge in [-0.15, -0.1) is 0 Å². The summed E-state index contributed by atoms with van der Waals surface area (Å²) in [6.45, 7) is 0. The first-order chi connectivity index (χ1) is 9.94. The largest absolute Gasteiger partial charge is 0.497 e. The monoisotopic (exact) mass is 324 g/mol. The topological polar surface area (TPSA) is 89.3 Å². The predicted molar refractivity (Wildman–Crippen MR) is 75.1 cm³/mol. The third-order valence-corrected chi connectivity index (χ3v) is 3.79. The molecule has 6 nitrogen and oxygen atoms in total. The van der Waals surface area contributed by atoms with Crippen LogP contribution in [0.2, 0.25) is 0 Å². The summed E-state index contributed by atoms with van der Waals surface area (Å²) >= 11 is 0. The van der Waals surface area contributed by atoms with E-state index in [0.717, 1.165) is 0 Å². The first-order valence-corrected chi connectivity index (χ1v) is 7.91. The van der Waals surface area contributed by atoms with E-state index in [0.29, 0.717) is 11.3 Å². The molecule has 0 saturated carbocycles. The van der Waals surface area contributed by atoms with Crippen molar-refractivity contribution in [1.82, 2.24) is 4.98 Å². The number of benzene rings is 1. The zero-order valence-corrected chi connectivity index (χ0v) is 12.4. The van der Waals surface area contributed by atoms with E-state index in [4.69, 9.17) is 25.4 Å². The number of pyridine rings is 1. The molecule has 0 atom stereocenters. The highest BCUT2D eigenvalue weighted by atomic mass is 35.7. The van der Waals surface area contributed by atoms with Gasteiger partial charge in [-0.3, -0.25) is 0 Å². The van der Waals surface area contributed by atoms with Crippen LogP contribution in [0, 0.1) is 11.3 Å². The zero-order chi connectivity index (χ0) is 15.5. The fraction of sp³-hybridized carbons (Fsp3) is 0.0769. The molecule has 0 spiro atoms. The second-order valence-corrected chi connectivity index (χ2v) is 6.39. The highest BCUT2D eigenvalue weighted by Gasteiger charge is 2.18. The summed E-state index contributed by atoms with van der Waals surface area (Å²) in [6.07, 6.45) is 1.37. The van der Waals surface area contributed by atoms with E-state index >= 15 is 0 Å². The molecule has 2 rings (SSSR count). The van der Waals surface area contributed by atoms with Crippen LogP contribution in [0.4, 0.5) is 0 Å². The molecule has 21 heavy (non-hydrogen) atoms. The molecular formula is C13H9ClN2O4S. The second kappa shape index (κ2) is 5.99. The molecular weight excluding hydrogens is 316 g/mol. The number of nitrogens with zero attached hydrogens (tertiary/aromatic N) is 2. The van der Waals surface area contributed by atoms with E-state index in [2.05, 4.69) is 4.98 Å². The van der Waals surface area contributed by atoms with Gasteiger partial charge in [-0.1, -0.05) is 0 Å². The van der Waals surface area contributed by atoms with E-state index in [1.807, 2.05) is 6.07 Å². The molecule has 0 unspecified atom stereocenters. The van der Waals surface area contributed by atoms with Crippen LogP contribution >= 0.6 is 10.7 Å². The molecule has 0 fully saturated rings. The average Bonchev–Trinajstić information content (AvgIpc) is 2.46. The minimum Gasteiger partial charge on any atom is -0.497 e. The van der Waals surface area contributed by atoms with Crippen LogP contribution in [0.5, 0.6) is 17.4 Å². The molecule has 1 aromatic carbocycles. The van der Waals surface area contributed by atoms with Crippen LogP contribution in [-0.2, 0) is 9.05 Å². The fourth-order valence-corrected chi connectivity index (χ4v) is 2.46. The van der Waals surface area contributed by atoms with Gasteiger partial charge in [-0.25, -0.2) is 13.4 Å². The van der Waals surface area contributed by atoms with Gasteiger partial charge in [-0.05, 0) is 24.3 Å². The zero-order valence-electron chi connectivity index (χ0n) is 10.8. The van der Waals surface area contributed by atoms with Crippen LogP contribution in [0.25, 0.3) is 0 Å². The Balaban J connectivity index is 2.47. The number of hydrogen-bond acceptors (Lipinski definition) is 6. The van der Waals surface area contributed by atoms with Crippen LogP contribution < -0.4 is 9.47 Å². The molecule has 1 aromatic heterocycles. The van der Waals surface area contributed by atoms with E-state index < -0.39 is 9.05 Å². The Hall–Kier alpha value is -2.30. The second-order valence-electron chi connectivity index (χ2n) is 3.86. The van der Waals surface area contributed by atoms with E-state index in [9.17, 15) is 8.42 Å². The molecule has 0 aliphatic heterocycles. The van der Waals surface area contributed by atoms with E-state index in [-0.39, 0.29) is 16.5 Å². The van der Waals surface area contributed by atoms with Gasteiger partial charge in [0.05, 0.1) is 18.7 Å². The standard InChI is InChI=1S/C13H9ClN2O4S/c1-19-10-5-9(8-15)6-11(7-10)20-13-12(21(14,17)18)3-2-4-16-13/h2-7H,1H3. The average molecular weight is 325 g/mol. The minimum absolute atomic E-state index is 0.176.